The molecule has 0 aromatic heterocycles. The molecule has 0 radical (unpaired) electrons. The highest BCUT2D eigenvalue weighted by Crippen LogP contribution is 2.09. The lowest BCUT2D eigenvalue weighted by Gasteiger charge is -1.87. The number of esters is 1. The fraction of sp³-hybridized carbons (Fsp3) is 0.714. The molecule has 0 aromatic rings. The van der Waals surface area contributed by atoms with Crippen molar-refractivity contribution in [3.63, 3.8) is 0 Å². The number of methoxy groups -OCH3 is 1. The van der Waals surface area contributed by atoms with Gasteiger partial charge in [0.25, 0.3) is 0 Å². The average Bonchev–Trinajstić information content (AvgIpc) is 2.88. The Labute approximate surface area is 74.4 Å². The van der Waals surface area contributed by atoms with Crippen molar-refractivity contribution >= 4 is 11.9 Å². The van der Waals surface area contributed by atoms with E-state index in [1.807, 2.05) is 0 Å². The number of hydrogen-bond donors (Lipinski definition) is 1. The predicted molar refractivity (Wildman–Crippen MR) is 39.1 cm³/mol. The van der Waals surface area contributed by atoms with Crippen LogP contribution in [0, 0.1) is 0 Å². The molecule has 2 fully saturated rings. The zero-order valence-electron chi connectivity index (χ0n) is 7.06. The number of epoxide rings is 2. The molecule has 0 saturated carbocycles. The zero-order chi connectivity index (χ0) is 9.84. The van der Waals surface area contributed by atoms with Crippen LogP contribution < -0.4 is 0 Å². The molecule has 2 rings (SSSR count). The van der Waals surface area contributed by atoms with E-state index in [-0.39, 0.29) is 12.1 Å². The molecule has 2 atom stereocenters. The molecule has 2 heterocycles. The fourth-order valence-electron chi connectivity index (χ4n) is 0.506. The third-order valence-corrected chi connectivity index (χ3v) is 1.41. The van der Waals surface area contributed by atoms with Gasteiger partial charge >= 0.3 is 11.9 Å². The first-order valence-corrected chi connectivity index (χ1v) is 3.69. The van der Waals surface area contributed by atoms with Gasteiger partial charge in [0.05, 0.1) is 20.3 Å². The van der Waals surface area contributed by atoms with Crippen molar-refractivity contribution in [2.24, 2.45) is 0 Å². The maximum atomic E-state index is 10.2. The van der Waals surface area contributed by atoms with Crippen LogP contribution in [0.2, 0.25) is 0 Å². The van der Waals surface area contributed by atoms with Crippen LogP contribution in [-0.4, -0.2) is 49.6 Å². The number of hydrogen-bond acceptors (Lipinski definition) is 5. The Kier molecular flexibility index (Phi) is 3.21. The molecule has 0 aromatic carbocycles. The minimum absolute atomic E-state index is 0.245. The minimum Gasteiger partial charge on any atom is -0.479 e. The third kappa shape index (κ3) is 3.86. The summed E-state index contributed by atoms with van der Waals surface area (Å²) in [7, 11) is 1.35. The number of carbonyl (C=O) groups excluding carboxylic acids is 1. The van der Waals surface area contributed by atoms with Crippen molar-refractivity contribution in [3.05, 3.63) is 0 Å². The summed E-state index contributed by atoms with van der Waals surface area (Å²) < 4.78 is 13.3. The van der Waals surface area contributed by atoms with E-state index in [4.69, 9.17) is 5.11 Å². The molecule has 6 nitrogen and oxygen atoms in total. The first-order chi connectivity index (χ1) is 6.15. The Balaban J connectivity index is 0.000000132. The lowest BCUT2D eigenvalue weighted by molar-refractivity contribution is -0.142. The molecule has 1 unspecified atom stereocenters. The molecular formula is C7H10O6. The van der Waals surface area contributed by atoms with E-state index in [2.05, 4.69) is 14.2 Å². The topological polar surface area (TPSA) is 88.7 Å². The highest BCUT2D eigenvalue weighted by molar-refractivity contribution is 5.76. The van der Waals surface area contributed by atoms with Crippen molar-refractivity contribution in [1.29, 1.82) is 0 Å². The van der Waals surface area contributed by atoms with Crippen LogP contribution >= 0.6 is 0 Å². The Morgan fingerprint density at radius 2 is 1.77 bits per heavy atom. The standard InChI is InChI=1S/C4H6O3.C3H4O3/c1-6-4(5)3-2-7-3;4-3(5)2-1-6-2/h3H,2H2,1H3;2H,1H2,(H,4,5)/t3-;/m0./s1. The van der Waals surface area contributed by atoms with Gasteiger partial charge in [0.15, 0.2) is 12.2 Å². The molecule has 0 aliphatic carbocycles. The molecule has 0 amide bonds. The van der Waals surface area contributed by atoms with E-state index in [0.29, 0.717) is 13.2 Å². The van der Waals surface area contributed by atoms with Gasteiger partial charge in [-0.2, -0.15) is 0 Å². The number of aliphatic carboxylic acids is 1. The smallest absolute Gasteiger partial charge is 0.337 e. The van der Waals surface area contributed by atoms with Crippen molar-refractivity contribution in [3.8, 4) is 0 Å². The second kappa shape index (κ2) is 4.20. The summed E-state index contributed by atoms with van der Waals surface area (Å²) in [5, 5.41) is 7.93. The monoisotopic (exact) mass is 190 g/mol. The lowest BCUT2D eigenvalue weighted by atomic mass is 10.5. The zero-order valence-corrected chi connectivity index (χ0v) is 7.06. The van der Waals surface area contributed by atoms with Gasteiger partial charge in [-0.05, 0) is 0 Å². The number of carbonyl (C=O) groups is 2. The molecule has 2 aliphatic heterocycles. The second-order valence-electron chi connectivity index (χ2n) is 2.51. The van der Waals surface area contributed by atoms with E-state index < -0.39 is 12.1 Å². The van der Waals surface area contributed by atoms with E-state index in [1.165, 1.54) is 7.11 Å². The molecule has 1 N–H and O–H groups in total. The van der Waals surface area contributed by atoms with Crippen LogP contribution in [0.4, 0.5) is 0 Å². The second-order valence-corrected chi connectivity index (χ2v) is 2.51. The molecule has 74 valence electrons. The first-order valence-electron chi connectivity index (χ1n) is 3.69. The quantitative estimate of drug-likeness (QED) is 0.445. The van der Waals surface area contributed by atoms with Crippen LogP contribution in [0.25, 0.3) is 0 Å². The van der Waals surface area contributed by atoms with Gasteiger partial charge in [-0.15, -0.1) is 0 Å². The molecule has 6 heteroatoms. The third-order valence-electron chi connectivity index (χ3n) is 1.41. The first kappa shape index (κ1) is 9.94. The molecule has 2 saturated heterocycles. The molecule has 0 spiro atoms. The summed E-state index contributed by atoms with van der Waals surface area (Å²) in [6.45, 7) is 0.933. The van der Waals surface area contributed by atoms with Crippen molar-refractivity contribution < 1.29 is 28.9 Å². The summed E-state index contributed by atoms with van der Waals surface area (Å²) in [5.41, 5.74) is 0. The average molecular weight is 190 g/mol. The highest BCUT2D eigenvalue weighted by Gasteiger charge is 2.32. The van der Waals surface area contributed by atoms with E-state index in [0.717, 1.165) is 0 Å². The molecule has 0 bridgehead atoms. The Bertz CT molecular complexity index is 205. The van der Waals surface area contributed by atoms with E-state index >= 15 is 0 Å². The normalized spacial score (nSPS) is 28.1. The summed E-state index contributed by atoms with van der Waals surface area (Å²) in [5.74, 6) is -1.12. The van der Waals surface area contributed by atoms with Crippen LogP contribution in [0.15, 0.2) is 0 Å². The van der Waals surface area contributed by atoms with Gasteiger partial charge in [-0.3, -0.25) is 0 Å². The van der Waals surface area contributed by atoms with Gasteiger partial charge in [0.1, 0.15) is 0 Å². The number of ether oxygens (including phenoxy) is 3. The maximum absolute atomic E-state index is 10.2. The Morgan fingerprint density at radius 3 is 1.85 bits per heavy atom. The SMILES string of the molecule is COC(=O)[C@@H]1CO1.O=C(O)C1CO1. The van der Waals surface area contributed by atoms with Gasteiger partial charge in [-0.25, -0.2) is 9.59 Å². The van der Waals surface area contributed by atoms with Gasteiger partial charge in [0.2, 0.25) is 0 Å². The summed E-state index contributed by atoms with van der Waals surface area (Å²) in [4.78, 5) is 19.9. The van der Waals surface area contributed by atoms with Crippen LogP contribution in [-0.2, 0) is 23.8 Å². The van der Waals surface area contributed by atoms with Crippen molar-refractivity contribution in [2.75, 3.05) is 20.3 Å². The largest absolute Gasteiger partial charge is 0.479 e. The Hall–Kier alpha value is -1.14. The number of carboxylic acid groups (broad SMARTS) is 1. The highest BCUT2D eigenvalue weighted by atomic mass is 16.6. The van der Waals surface area contributed by atoms with Gasteiger partial charge in [0, 0.05) is 0 Å². The lowest BCUT2D eigenvalue weighted by Crippen LogP contribution is -2.07. The van der Waals surface area contributed by atoms with Crippen molar-refractivity contribution in [2.45, 2.75) is 12.2 Å². The summed E-state index contributed by atoms with van der Waals surface area (Å²) >= 11 is 0. The van der Waals surface area contributed by atoms with E-state index in [9.17, 15) is 9.59 Å². The number of rotatable bonds is 2. The van der Waals surface area contributed by atoms with Crippen LogP contribution in [0.1, 0.15) is 0 Å². The predicted octanol–water partition coefficient (Wildman–Crippen LogP) is -0.972. The van der Waals surface area contributed by atoms with Crippen LogP contribution in [0.5, 0.6) is 0 Å². The van der Waals surface area contributed by atoms with Gasteiger partial charge < -0.3 is 19.3 Å². The molecular weight excluding hydrogens is 180 g/mol. The summed E-state index contributed by atoms with van der Waals surface area (Å²) in [6.07, 6.45) is -0.727. The minimum atomic E-state index is -0.852. The van der Waals surface area contributed by atoms with Crippen LogP contribution in [0.3, 0.4) is 0 Å². The Morgan fingerprint density at radius 1 is 1.31 bits per heavy atom. The fourth-order valence-corrected chi connectivity index (χ4v) is 0.506. The maximum Gasteiger partial charge on any atom is 0.337 e. The van der Waals surface area contributed by atoms with Crippen molar-refractivity contribution in [1.82, 2.24) is 0 Å². The molecule has 13 heavy (non-hydrogen) atoms. The van der Waals surface area contributed by atoms with Gasteiger partial charge in [-0.1, -0.05) is 0 Å². The summed E-state index contributed by atoms with van der Waals surface area (Å²) in [6, 6.07) is 0. The number of carboxylic acids is 1. The van der Waals surface area contributed by atoms with E-state index in [1.54, 1.807) is 0 Å². The molecule has 2 aliphatic rings.